The van der Waals surface area contributed by atoms with E-state index >= 15 is 0 Å². The normalized spacial score (nSPS) is 20.9. The lowest BCUT2D eigenvalue weighted by Crippen LogP contribution is -2.17. The number of carbonyl (C=O) groups is 1. The van der Waals surface area contributed by atoms with Crippen LogP contribution in [-0.4, -0.2) is 43.2 Å². The van der Waals surface area contributed by atoms with E-state index in [-0.39, 0.29) is 52.5 Å². The Morgan fingerprint density at radius 3 is 2.56 bits per heavy atom. The molecule has 3 heterocycles. The highest BCUT2D eigenvalue weighted by Crippen LogP contribution is 2.42. The molecule has 1 saturated carbocycles. The van der Waals surface area contributed by atoms with Gasteiger partial charge in [0.05, 0.1) is 45.1 Å². The third-order valence-corrected chi connectivity index (χ3v) is 8.01. The molecule has 0 spiro atoms. The van der Waals surface area contributed by atoms with Crippen LogP contribution in [0.5, 0.6) is 0 Å². The average molecular weight is 518 g/mol. The number of fused-ring (bicyclic) bond motifs is 1. The third kappa shape index (κ3) is 5.20. The molecule has 2 fully saturated rings. The molecule has 2 aliphatic heterocycles. The predicted octanol–water partition coefficient (Wildman–Crippen LogP) is 5.27. The van der Waals surface area contributed by atoms with Gasteiger partial charge in [0.1, 0.15) is 11.5 Å². The largest absolute Gasteiger partial charge is 0.368 e. The maximum absolute atomic E-state index is 13.4. The van der Waals surface area contributed by atoms with Crippen molar-refractivity contribution in [2.75, 3.05) is 11.6 Å². The minimum absolute atomic E-state index is 0.0384. The Bertz CT molecular complexity index is 1370. The Balaban J connectivity index is 1.52. The number of benzene rings is 1. The fraction of sp³-hybridized carbons (Fsp3) is 0.500. The summed E-state index contributed by atoms with van der Waals surface area (Å²) in [7, 11) is -3.65. The molecule has 0 radical (unpaired) electrons. The zero-order valence-corrected chi connectivity index (χ0v) is 21.3. The molecule has 1 N–H and O–H groups in total. The molecule has 1 aromatic carbocycles. The van der Waals surface area contributed by atoms with Gasteiger partial charge in [-0.05, 0) is 63.3 Å². The van der Waals surface area contributed by atoms with Crippen molar-refractivity contribution < 1.29 is 26.7 Å². The topological polar surface area (TPSA) is 97.7 Å². The first-order valence-corrected chi connectivity index (χ1v) is 14.0. The van der Waals surface area contributed by atoms with E-state index in [0.29, 0.717) is 22.8 Å². The molecule has 10 heteroatoms. The van der Waals surface area contributed by atoms with Gasteiger partial charge in [-0.1, -0.05) is 6.07 Å². The molecule has 0 bridgehead atoms. The van der Waals surface area contributed by atoms with Gasteiger partial charge >= 0.3 is 0 Å². The van der Waals surface area contributed by atoms with Gasteiger partial charge < -0.3 is 10.1 Å². The fourth-order valence-electron chi connectivity index (χ4n) is 4.80. The summed E-state index contributed by atoms with van der Waals surface area (Å²) in [4.78, 5) is 21.0. The second kappa shape index (κ2) is 8.99. The zero-order valence-electron chi connectivity index (χ0n) is 20.5. The van der Waals surface area contributed by atoms with E-state index in [1.807, 2.05) is 19.9 Å². The molecule has 1 aliphatic carbocycles. The smallest absolute Gasteiger partial charge is 0.277 e. The van der Waals surface area contributed by atoms with Gasteiger partial charge in [-0.25, -0.2) is 22.2 Å². The summed E-state index contributed by atoms with van der Waals surface area (Å²) in [6.45, 7) is 4.01. The van der Waals surface area contributed by atoms with Crippen LogP contribution in [0.15, 0.2) is 34.2 Å². The van der Waals surface area contributed by atoms with Crippen LogP contribution in [0.25, 0.3) is 0 Å². The summed E-state index contributed by atoms with van der Waals surface area (Å²) in [6.07, 6.45) is 1.54. The molecule has 3 aliphatic rings. The third-order valence-electron chi connectivity index (χ3n) is 6.88. The standard InChI is InChI=1S/C26H29F2N3O4S/c1-26(2)9-8-22(35-26)15-6-7-17(23(10-15)36(3,33)34)30-18-11-16(12-21(32)14-4-5-14)29-19-13-20(25(27)28)31-24(18)19/h6-7,10-11,14,22,25H,4-5,8-9,12-13H2,1-3H3,(H,29,30). The Morgan fingerprint density at radius 1 is 1.19 bits per heavy atom. The van der Waals surface area contributed by atoms with Gasteiger partial charge in [-0.2, -0.15) is 0 Å². The first kappa shape index (κ1) is 25.0. The van der Waals surface area contributed by atoms with Crippen LogP contribution in [0.1, 0.15) is 62.6 Å². The minimum atomic E-state index is -3.65. The van der Waals surface area contributed by atoms with Crippen LogP contribution in [0, 0.1) is 5.92 Å². The SMILES string of the molecule is CC1(C)CCC(c2ccc(Nc3cc(CC(=O)C4CC4)nc4c3N=C(C(F)F)C4)c(S(C)(=O)=O)c2)O1. The lowest BCUT2D eigenvalue weighted by Gasteiger charge is -2.21. The average Bonchev–Trinajstić information content (AvgIpc) is 3.45. The number of pyridine rings is 1. The molecule has 7 nitrogen and oxygen atoms in total. The Hall–Kier alpha value is -2.72. The van der Waals surface area contributed by atoms with Crippen LogP contribution in [-0.2, 0) is 32.2 Å². The minimum Gasteiger partial charge on any atom is -0.368 e. The molecule has 1 saturated heterocycles. The maximum Gasteiger partial charge on any atom is 0.277 e. The number of alkyl halides is 2. The van der Waals surface area contributed by atoms with Gasteiger partial charge in [0.15, 0.2) is 9.84 Å². The van der Waals surface area contributed by atoms with Crippen LogP contribution in [0.4, 0.5) is 25.8 Å². The molecule has 2 aromatic rings. The number of aromatic nitrogens is 1. The summed E-state index contributed by atoms with van der Waals surface area (Å²) in [5.41, 5.74) is 1.89. The van der Waals surface area contributed by atoms with Gasteiger partial charge in [0, 0.05) is 25.0 Å². The van der Waals surface area contributed by atoms with Crippen molar-refractivity contribution in [2.45, 2.75) is 75.4 Å². The number of sulfone groups is 1. The van der Waals surface area contributed by atoms with Gasteiger partial charge in [0.25, 0.3) is 6.43 Å². The van der Waals surface area contributed by atoms with Crippen molar-refractivity contribution in [3.63, 3.8) is 0 Å². The van der Waals surface area contributed by atoms with Crippen molar-refractivity contribution in [3.05, 3.63) is 41.2 Å². The Morgan fingerprint density at radius 2 is 1.94 bits per heavy atom. The number of rotatable bonds is 8. The lowest BCUT2D eigenvalue weighted by molar-refractivity contribution is -0.119. The zero-order chi connectivity index (χ0) is 25.8. The van der Waals surface area contributed by atoms with Gasteiger partial charge in [-0.3, -0.25) is 9.78 Å². The molecule has 192 valence electrons. The lowest BCUT2D eigenvalue weighted by atomic mass is 10.0. The summed E-state index contributed by atoms with van der Waals surface area (Å²) < 4.78 is 58.4. The highest BCUT2D eigenvalue weighted by molar-refractivity contribution is 7.90. The molecule has 1 aromatic heterocycles. The van der Waals surface area contributed by atoms with E-state index in [1.165, 1.54) is 0 Å². The number of anilines is 2. The number of Topliss-reactive ketones (excluding diaryl/α,β-unsaturated/α-hetero) is 1. The van der Waals surface area contributed by atoms with Crippen LogP contribution < -0.4 is 5.32 Å². The van der Waals surface area contributed by atoms with Crippen molar-refractivity contribution in [1.29, 1.82) is 0 Å². The number of ketones is 1. The van der Waals surface area contributed by atoms with Crippen molar-refractivity contribution in [2.24, 2.45) is 10.9 Å². The molecule has 1 unspecified atom stereocenters. The van der Waals surface area contributed by atoms with Gasteiger partial charge in [-0.15, -0.1) is 0 Å². The van der Waals surface area contributed by atoms with Crippen molar-refractivity contribution in [1.82, 2.24) is 4.98 Å². The number of nitrogens with one attached hydrogen (secondary N) is 1. The van der Waals surface area contributed by atoms with E-state index in [9.17, 15) is 22.0 Å². The monoisotopic (exact) mass is 517 g/mol. The molecule has 5 rings (SSSR count). The second-order valence-electron chi connectivity index (χ2n) is 10.5. The van der Waals surface area contributed by atoms with Gasteiger partial charge in [0.2, 0.25) is 0 Å². The number of aliphatic imine (C=N–C) groups is 1. The van der Waals surface area contributed by atoms with Crippen LogP contribution in [0.3, 0.4) is 0 Å². The Kier molecular flexibility index (Phi) is 6.23. The van der Waals surface area contributed by atoms with Crippen molar-refractivity contribution >= 4 is 38.4 Å². The molecule has 1 atom stereocenters. The van der Waals surface area contributed by atoms with Crippen molar-refractivity contribution in [3.8, 4) is 0 Å². The molecular weight excluding hydrogens is 488 g/mol. The number of ether oxygens (including phenoxy) is 1. The summed E-state index contributed by atoms with van der Waals surface area (Å²) in [5, 5.41) is 3.11. The molecule has 0 amide bonds. The first-order valence-electron chi connectivity index (χ1n) is 12.1. The number of halogens is 2. The highest BCUT2D eigenvalue weighted by atomic mass is 32.2. The summed E-state index contributed by atoms with van der Waals surface area (Å²) in [6, 6.07) is 6.70. The second-order valence-corrected chi connectivity index (χ2v) is 12.5. The fourth-order valence-corrected chi connectivity index (χ4v) is 5.67. The Labute approximate surface area is 209 Å². The van der Waals surface area contributed by atoms with Crippen LogP contribution >= 0.6 is 0 Å². The molecule has 36 heavy (non-hydrogen) atoms. The summed E-state index contributed by atoms with van der Waals surface area (Å²) in [5.74, 6) is 0.110. The number of carbonyl (C=O) groups excluding carboxylic acids is 1. The first-order chi connectivity index (χ1) is 16.9. The van der Waals surface area contributed by atoms with E-state index in [2.05, 4.69) is 15.3 Å². The quantitative estimate of drug-likeness (QED) is 0.512. The van der Waals surface area contributed by atoms with E-state index in [1.54, 1.807) is 18.2 Å². The number of nitrogens with zero attached hydrogens (tertiary/aromatic N) is 2. The number of hydrogen-bond acceptors (Lipinski definition) is 7. The summed E-state index contributed by atoms with van der Waals surface area (Å²) >= 11 is 0. The van der Waals surface area contributed by atoms with E-state index in [0.717, 1.165) is 37.5 Å². The highest BCUT2D eigenvalue weighted by Gasteiger charge is 2.34. The van der Waals surface area contributed by atoms with E-state index in [4.69, 9.17) is 4.74 Å². The molecular formula is C26H29F2N3O4S. The number of hydrogen-bond donors (Lipinski definition) is 1. The van der Waals surface area contributed by atoms with E-state index < -0.39 is 16.3 Å². The predicted molar refractivity (Wildman–Crippen MR) is 132 cm³/mol. The maximum atomic E-state index is 13.4. The van der Waals surface area contributed by atoms with Crippen LogP contribution in [0.2, 0.25) is 0 Å².